The predicted octanol–water partition coefficient (Wildman–Crippen LogP) is 2.59. The fraction of sp³-hybridized carbons (Fsp3) is 0.571. The minimum atomic E-state index is -0.304. The summed E-state index contributed by atoms with van der Waals surface area (Å²) in [4.78, 5) is 27.4. The molecule has 0 bridgehead atoms. The molecule has 0 spiro atoms. The van der Waals surface area contributed by atoms with E-state index in [9.17, 15) is 9.59 Å². The molecule has 0 aliphatic carbocycles. The second-order valence-corrected chi connectivity index (χ2v) is 6.17. The van der Waals surface area contributed by atoms with Gasteiger partial charge in [0.25, 0.3) is 5.91 Å². The van der Waals surface area contributed by atoms with E-state index >= 15 is 0 Å². The van der Waals surface area contributed by atoms with Crippen LogP contribution in [0.5, 0.6) is 0 Å². The molecule has 2 heterocycles. The number of piperazine rings is 1. The van der Waals surface area contributed by atoms with Crippen LogP contribution in [0.15, 0.2) is 21.4 Å². The lowest BCUT2D eigenvalue weighted by Crippen LogP contribution is -2.50. The maximum atomic E-state index is 12.2. The first-order valence-electron chi connectivity index (χ1n) is 6.92. The summed E-state index contributed by atoms with van der Waals surface area (Å²) in [7, 11) is 0. The molecule has 0 saturated carbocycles. The maximum absolute atomic E-state index is 12.2. The Balaban J connectivity index is 1.83. The molecule has 0 atom stereocenters. The van der Waals surface area contributed by atoms with E-state index in [1.807, 2.05) is 13.8 Å². The highest BCUT2D eigenvalue weighted by Gasteiger charge is 2.26. The Hall–Kier alpha value is -1.50. The van der Waals surface area contributed by atoms with Crippen LogP contribution in [-0.2, 0) is 4.74 Å². The van der Waals surface area contributed by atoms with E-state index in [0.29, 0.717) is 48.9 Å². The van der Waals surface area contributed by atoms with Crippen molar-refractivity contribution in [1.82, 2.24) is 9.80 Å². The average Bonchev–Trinajstić information content (AvgIpc) is 2.90. The summed E-state index contributed by atoms with van der Waals surface area (Å²) in [5, 5.41) is 0. The number of furan rings is 1. The van der Waals surface area contributed by atoms with Gasteiger partial charge in [0.2, 0.25) is 0 Å². The van der Waals surface area contributed by atoms with Gasteiger partial charge in [0.1, 0.15) is 6.26 Å². The van der Waals surface area contributed by atoms with Crippen LogP contribution in [0.4, 0.5) is 4.79 Å². The Bertz CT molecular complexity index is 507. The molecule has 7 heteroatoms. The molecule has 1 aromatic rings. The standard InChI is InChI=1S/C14H19BrN2O4/c1-10(2)8-21-14(19)17-5-3-16(4-6-17)13(18)11-7-12(15)20-9-11/h7,9-10H,3-6,8H2,1-2H3. The minimum Gasteiger partial charge on any atom is -0.457 e. The van der Waals surface area contributed by atoms with E-state index in [1.165, 1.54) is 6.26 Å². The summed E-state index contributed by atoms with van der Waals surface area (Å²) in [5.41, 5.74) is 0.512. The molecule has 6 nitrogen and oxygen atoms in total. The van der Waals surface area contributed by atoms with Crippen molar-refractivity contribution in [3.05, 3.63) is 22.6 Å². The molecule has 1 fully saturated rings. The third-order valence-corrected chi connectivity index (χ3v) is 3.60. The molecular formula is C14H19BrN2O4. The molecule has 1 aliphatic heterocycles. The van der Waals surface area contributed by atoms with Gasteiger partial charge in [-0.1, -0.05) is 13.8 Å². The van der Waals surface area contributed by atoms with Gasteiger partial charge in [-0.05, 0) is 21.8 Å². The molecule has 21 heavy (non-hydrogen) atoms. The van der Waals surface area contributed by atoms with Crippen LogP contribution in [-0.4, -0.2) is 54.6 Å². The average molecular weight is 359 g/mol. The molecule has 2 rings (SSSR count). The van der Waals surface area contributed by atoms with Crippen molar-refractivity contribution in [1.29, 1.82) is 0 Å². The Morgan fingerprint density at radius 1 is 1.29 bits per heavy atom. The zero-order valence-electron chi connectivity index (χ0n) is 12.2. The molecule has 0 radical (unpaired) electrons. The van der Waals surface area contributed by atoms with Crippen molar-refractivity contribution in [2.75, 3.05) is 32.8 Å². The van der Waals surface area contributed by atoms with Gasteiger partial charge in [-0.3, -0.25) is 4.79 Å². The normalized spacial score (nSPS) is 15.4. The summed E-state index contributed by atoms with van der Waals surface area (Å²) < 4.78 is 10.8. The zero-order valence-corrected chi connectivity index (χ0v) is 13.8. The molecule has 1 aliphatic rings. The van der Waals surface area contributed by atoms with E-state index in [0.717, 1.165) is 0 Å². The van der Waals surface area contributed by atoms with Gasteiger partial charge in [0.15, 0.2) is 4.67 Å². The van der Waals surface area contributed by atoms with Gasteiger partial charge in [-0.2, -0.15) is 0 Å². The fourth-order valence-corrected chi connectivity index (χ4v) is 2.37. The first-order chi connectivity index (χ1) is 9.97. The molecule has 1 aromatic heterocycles. The number of hydrogen-bond acceptors (Lipinski definition) is 4. The molecule has 116 valence electrons. The van der Waals surface area contributed by atoms with Crippen LogP contribution in [0.2, 0.25) is 0 Å². The number of amides is 2. The Morgan fingerprint density at radius 3 is 2.43 bits per heavy atom. The van der Waals surface area contributed by atoms with E-state index in [2.05, 4.69) is 15.9 Å². The molecule has 1 saturated heterocycles. The van der Waals surface area contributed by atoms with Crippen LogP contribution in [0.1, 0.15) is 24.2 Å². The van der Waals surface area contributed by atoms with Crippen molar-refractivity contribution < 1.29 is 18.7 Å². The van der Waals surface area contributed by atoms with Crippen molar-refractivity contribution in [3.8, 4) is 0 Å². The maximum Gasteiger partial charge on any atom is 0.409 e. The Labute approximate surface area is 132 Å². The number of carbonyl (C=O) groups is 2. The third kappa shape index (κ3) is 4.23. The van der Waals surface area contributed by atoms with Gasteiger partial charge in [0.05, 0.1) is 12.2 Å². The quantitative estimate of drug-likeness (QED) is 0.832. The fourth-order valence-electron chi connectivity index (χ4n) is 2.03. The van der Waals surface area contributed by atoms with Crippen molar-refractivity contribution in [2.24, 2.45) is 5.92 Å². The highest BCUT2D eigenvalue weighted by Crippen LogP contribution is 2.17. The summed E-state index contributed by atoms with van der Waals surface area (Å²) in [6, 6.07) is 1.64. The number of rotatable bonds is 3. The SMILES string of the molecule is CC(C)COC(=O)N1CCN(C(=O)c2coc(Br)c2)CC1. The smallest absolute Gasteiger partial charge is 0.409 e. The van der Waals surface area contributed by atoms with Crippen molar-refractivity contribution >= 4 is 27.9 Å². The largest absolute Gasteiger partial charge is 0.457 e. The Morgan fingerprint density at radius 2 is 1.90 bits per heavy atom. The highest BCUT2D eigenvalue weighted by atomic mass is 79.9. The monoisotopic (exact) mass is 358 g/mol. The van der Waals surface area contributed by atoms with Gasteiger partial charge >= 0.3 is 6.09 Å². The van der Waals surface area contributed by atoms with Crippen LogP contribution in [0.3, 0.4) is 0 Å². The number of carbonyl (C=O) groups excluding carboxylic acids is 2. The predicted molar refractivity (Wildman–Crippen MR) is 80.1 cm³/mol. The van der Waals surface area contributed by atoms with Gasteiger partial charge in [-0.15, -0.1) is 0 Å². The lowest BCUT2D eigenvalue weighted by Gasteiger charge is -2.34. The summed E-state index contributed by atoms with van der Waals surface area (Å²) in [5.74, 6) is 0.232. The van der Waals surface area contributed by atoms with Crippen LogP contribution >= 0.6 is 15.9 Å². The highest BCUT2D eigenvalue weighted by molar-refractivity contribution is 9.10. The van der Waals surface area contributed by atoms with Gasteiger partial charge in [0, 0.05) is 32.2 Å². The molecule has 2 amide bonds. The minimum absolute atomic E-state index is 0.0837. The lowest BCUT2D eigenvalue weighted by atomic mass is 10.2. The van der Waals surface area contributed by atoms with Crippen molar-refractivity contribution in [2.45, 2.75) is 13.8 Å². The topological polar surface area (TPSA) is 63.0 Å². The third-order valence-electron chi connectivity index (χ3n) is 3.18. The summed E-state index contributed by atoms with van der Waals surface area (Å²) in [6.45, 7) is 6.38. The number of halogens is 1. The van der Waals surface area contributed by atoms with Crippen LogP contribution in [0, 0.1) is 5.92 Å². The number of nitrogens with zero attached hydrogens (tertiary/aromatic N) is 2. The van der Waals surface area contributed by atoms with E-state index < -0.39 is 0 Å². The van der Waals surface area contributed by atoms with Crippen LogP contribution < -0.4 is 0 Å². The van der Waals surface area contributed by atoms with E-state index in [4.69, 9.17) is 9.15 Å². The van der Waals surface area contributed by atoms with E-state index in [-0.39, 0.29) is 12.0 Å². The second kappa shape index (κ2) is 6.98. The first kappa shape index (κ1) is 15.9. The van der Waals surface area contributed by atoms with Crippen LogP contribution in [0.25, 0.3) is 0 Å². The number of hydrogen-bond donors (Lipinski definition) is 0. The lowest BCUT2D eigenvalue weighted by molar-refractivity contribution is 0.0535. The van der Waals surface area contributed by atoms with Gasteiger partial charge < -0.3 is 19.0 Å². The molecule has 0 aromatic carbocycles. The molecular weight excluding hydrogens is 340 g/mol. The first-order valence-corrected chi connectivity index (χ1v) is 7.71. The van der Waals surface area contributed by atoms with E-state index in [1.54, 1.807) is 15.9 Å². The summed E-state index contributed by atoms with van der Waals surface area (Å²) >= 11 is 3.18. The second-order valence-electron chi connectivity index (χ2n) is 5.39. The zero-order chi connectivity index (χ0) is 15.4. The Kier molecular flexibility index (Phi) is 5.27. The van der Waals surface area contributed by atoms with Gasteiger partial charge in [-0.25, -0.2) is 4.79 Å². The number of ether oxygens (including phenoxy) is 1. The molecule has 0 unspecified atom stereocenters. The van der Waals surface area contributed by atoms with Crippen molar-refractivity contribution in [3.63, 3.8) is 0 Å². The summed E-state index contributed by atoms with van der Waals surface area (Å²) in [6.07, 6.45) is 1.12. The molecule has 0 N–H and O–H groups in total.